The molecule has 3 aromatic rings. The molecule has 26 heavy (non-hydrogen) atoms. The predicted molar refractivity (Wildman–Crippen MR) is 97.5 cm³/mol. The molecule has 7 nitrogen and oxygen atoms in total. The second-order valence-electron chi connectivity index (χ2n) is 7.54. The van der Waals surface area contributed by atoms with Gasteiger partial charge < -0.3 is 9.97 Å². The zero-order valence-electron chi connectivity index (χ0n) is 14.9. The highest BCUT2D eigenvalue weighted by Gasteiger charge is 2.33. The third-order valence-corrected chi connectivity index (χ3v) is 5.98. The van der Waals surface area contributed by atoms with Gasteiger partial charge >= 0.3 is 0 Å². The number of rotatable bonds is 4. The smallest absolute Gasteiger partial charge is 0.0965 e. The Kier molecular flexibility index (Phi) is 4.09. The number of nitrogens with one attached hydrogen (secondary N) is 3. The summed E-state index contributed by atoms with van der Waals surface area (Å²) >= 11 is 0. The number of imidazole rings is 2. The molecule has 1 aliphatic carbocycles. The molecular formula is C19H25N7. The standard InChI is InChI=1S/C19H25N7/c1-2-4-13(5-3-1)17-14(8-24-25-17)10-26-7-6-15-18(23-12-22-15)19(26)16-9-20-11-21-16/h8-9,11-13,19H,1-7,10H2,(H,20,21)(H,22,23)(H,24,25)/t19-/m0/s1. The zero-order chi connectivity index (χ0) is 17.3. The summed E-state index contributed by atoms with van der Waals surface area (Å²) in [6.45, 7) is 1.88. The first-order chi connectivity index (χ1) is 12.9. The molecule has 4 heterocycles. The van der Waals surface area contributed by atoms with Gasteiger partial charge in [0.1, 0.15) is 0 Å². The third kappa shape index (κ3) is 2.76. The van der Waals surface area contributed by atoms with Crippen molar-refractivity contribution in [2.75, 3.05) is 6.54 Å². The number of aromatic amines is 3. The fourth-order valence-electron chi connectivity index (χ4n) is 4.67. The first-order valence-electron chi connectivity index (χ1n) is 9.66. The van der Waals surface area contributed by atoms with Crippen molar-refractivity contribution >= 4 is 0 Å². The molecule has 0 radical (unpaired) electrons. The number of aromatic nitrogens is 6. The Balaban J connectivity index is 1.44. The molecule has 1 atom stereocenters. The average molecular weight is 351 g/mol. The highest BCUT2D eigenvalue weighted by molar-refractivity contribution is 5.29. The molecule has 1 aliphatic heterocycles. The van der Waals surface area contributed by atoms with Crippen LogP contribution in [0.2, 0.25) is 0 Å². The second-order valence-corrected chi connectivity index (χ2v) is 7.54. The summed E-state index contributed by atoms with van der Waals surface area (Å²) in [6.07, 6.45) is 15.1. The van der Waals surface area contributed by atoms with Crippen LogP contribution < -0.4 is 0 Å². The zero-order valence-corrected chi connectivity index (χ0v) is 14.9. The van der Waals surface area contributed by atoms with Crippen molar-refractivity contribution in [2.45, 2.75) is 57.0 Å². The molecule has 5 rings (SSSR count). The highest BCUT2D eigenvalue weighted by atomic mass is 15.2. The minimum atomic E-state index is 0.113. The summed E-state index contributed by atoms with van der Waals surface area (Å²) in [7, 11) is 0. The Morgan fingerprint density at radius 3 is 2.85 bits per heavy atom. The largest absolute Gasteiger partial charge is 0.348 e. The van der Waals surface area contributed by atoms with Crippen LogP contribution in [0.1, 0.15) is 72.4 Å². The van der Waals surface area contributed by atoms with E-state index in [1.165, 1.54) is 49.1 Å². The molecule has 0 unspecified atom stereocenters. The topological polar surface area (TPSA) is 89.3 Å². The minimum Gasteiger partial charge on any atom is -0.348 e. The minimum absolute atomic E-state index is 0.113. The first-order valence-corrected chi connectivity index (χ1v) is 9.66. The van der Waals surface area contributed by atoms with E-state index in [2.05, 4.69) is 35.0 Å². The predicted octanol–water partition coefficient (Wildman–Crippen LogP) is 3.05. The van der Waals surface area contributed by atoms with Gasteiger partial charge in [-0.05, 0) is 12.8 Å². The van der Waals surface area contributed by atoms with Gasteiger partial charge in [-0.1, -0.05) is 19.3 Å². The molecule has 0 spiro atoms. The number of hydrogen-bond acceptors (Lipinski definition) is 4. The van der Waals surface area contributed by atoms with Crippen LogP contribution in [-0.2, 0) is 13.0 Å². The van der Waals surface area contributed by atoms with Crippen molar-refractivity contribution in [1.29, 1.82) is 0 Å². The molecule has 3 aromatic heterocycles. The number of H-pyrrole nitrogens is 3. The van der Waals surface area contributed by atoms with Gasteiger partial charge in [0.2, 0.25) is 0 Å². The quantitative estimate of drug-likeness (QED) is 0.674. The number of nitrogens with zero attached hydrogens (tertiary/aromatic N) is 4. The van der Waals surface area contributed by atoms with Crippen molar-refractivity contribution in [3.05, 3.63) is 53.4 Å². The van der Waals surface area contributed by atoms with Gasteiger partial charge in [-0.25, -0.2) is 9.97 Å². The number of fused-ring (bicyclic) bond motifs is 1. The van der Waals surface area contributed by atoms with Crippen LogP contribution in [0.5, 0.6) is 0 Å². The fourth-order valence-corrected chi connectivity index (χ4v) is 4.67. The van der Waals surface area contributed by atoms with Crippen molar-refractivity contribution in [2.24, 2.45) is 0 Å². The van der Waals surface area contributed by atoms with E-state index < -0.39 is 0 Å². The average Bonchev–Trinajstić information content (AvgIpc) is 3.44. The van der Waals surface area contributed by atoms with Crippen LogP contribution >= 0.6 is 0 Å². The number of hydrogen-bond donors (Lipinski definition) is 3. The van der Waals surface area contributed by atoms with Crippen LogP contribution in [0.25, 0.3) is 0 Å². The summed E-state index contributed by atoms with van der Waals surface area (Å²) in [4.78, 5) is 17.9. The third-order valence-electron chi connectivity index (χ3n) is 5.98. The van der Waals surface area contributed by atoms with E-state index >= 15 is 0 Å². The molecule has 2 aliphatic rings. The van der Waals surface area contributed by atoms with Crippen molar-refractivity contribution < 1.29 is 0 Å². The lowest BCUT2D eigenvalue weighted by Gasteiger charge is -2.34. The molecular weight excluding hydrogens is 326 g/mol. The summed E-state index contributed by atoms with van der Waals surface area (Å²) < 4.78 is 0. The molecule has 136 valence electrons. The van der Waals surface area contributed by atoms with Crippen LogP contribution in [0.4, 0.5) is 0 Å². The van der Waals surface area contributed by atoms with Crippen LogP contribution in [0.3, 0.4) is 0 Å². The van der Waals surface area contributed by atoms with E-state index in [0.717, 1.165) is 30.9 Å². The van der Waals surface area contributed by atoms with E-state index in [-0.39, 0.29) is 6.04 Å². The van der Waals surface area contributed by atoms with E-state index in [0.29, 0.717) is 5.92 Å². The van der Waals surface area contributed by atoms with Gasteiger partial charge in [-0.2, -0.15) is 5.10 Å². The molecule has 0 saturated heterocycles. The maximum Gasteiger partial charge on any atom is 0.0965 e. The molecule has 1 saturated carbocycles. The summed E-state index contributed by atoms with van der Waals surface area (Å²) in [5.74, 6) is 0.637. The highest BCUT2D eigenvalue weighted by Crippen LogP contribution is 2.36. The molecule has 0 amide bonds. The molecule has 0 bridgehead atoms. The van der Waals surface area contributed by atoms with Crippen molar-refractivity contribution in [3.63, 3.8) is 0 Å². The van der Waals surface area contributed by atoms with E-state index in [9.17, 15) is 0 Å². The SMILES string of the molecule is c1ncc([C@H]2c3nc[nH]c3CCN2Cc2cn[nH]c2C2CCCCC2)[nH]1. The lowest BCUT2D eigenvalue weighted by molar-refractivity contribution is 0.196. The normalized spacial score (nSPS) is 21.8. The lowest BCUT2D eigenvalue weighted by atomic mass is 9.85. The van der Waals surface area contributed by atoms with Gasteiger partial charge in [0, 0.05) is 48.6 Å². The van der Waals surface area contributed by atoms with E-state index in [1.54, 1.807) is 6.33 Å². The van der Waals surface area contributed by atoms with Gasteiger partial charge in [-0.3, -0.25) is 10.00 Å². The Hall–Kier alpha value is -2.41. The second kappa shape index (κ2) is 6.72. The Morgan fingerprint density at radius 1 is 1.08 bits per heavy atom. The maximum atomic E-state index is 4.62. The first kappa shape index (κ1) is 15.8. The summed E-state index contributed by atoms with van der Waals surface area (Å²) in [5, 5.41) is 7.70. The summed E-state index contributed by atoms with van der Waals surface area (Å²) in [5.41, 5.74) is 6.13. The fraction of sp³-hybridized carbons (Fsp3) is 0.526. The molecule has 7 heteroatoms. The Labute approximate surface area is 152 Å². The van der Waals surface area contributed by atoms with Crippen molar-refractivity contribution in [3.8, 4) is 0 Å². The molecule has 0 aromatic carbocycles. The van der Waals surface area contributed by atoms with Gasteiger partial charge in [0.05, 0.1) is 36.3 Å². The monoisotopic (exact) mass is 351 g/mol. The van der Waals surface area contributed by atoms with Crippen LogP contribution in [-0.4, -0.2) is 41.6 Å². The molecule has 1 fully saturated rings. The van der Waals surface area contributed by atoms with Crippen LogP contribution in [0, 0.1) is 0 Å². The Morgan fingerprint density at radius 2 is 2.00 bits per heavy atom. The van der Waals surface area contributed by atoms with Gasteiger partial charge in [0.15, 0.2) is 0 Å². The van der Waals surface area contributed by atoms with Gasteiger partial charge in [-0.15, -0.1) is 0 Å². The lowest BCUT2D eigenvalue weighted by Crippen LogP contribution is -2.36. The summed E-state index contributed by atoms with van der Waals surface area (Å²) in [6, 6.07) is 0.113. The van der Waals surface area contributed by atoms with Crippen molar-refractivity contribution in [1.82, 2.24) is 35.0 Å². The van der Waals surface area contributed by atoms with Crippen LogP contribution in [0.15, 0.2) is 25.0 Å². The molecule has 3 N–H and O–H groups in total. The van der Waals surface area contributed by atoms with E-state index in [4.69, 9.17) is 0 Å². The van der Waals surface area contributed by atoms with Gasteiger partial charge in [0.25, 0.3) is 0 Å². The maximum absolute atomic E-state index is 4.62. The Bertz CT molecular complexity index is 841. The van der Waals surface area contributed by atoms with E-state index in [1.807, 2.05) is 18.7 Å².